The van der Waals surface area contributed by atoms with Crippen LogP contribution in [-0.2, 0) is 14.3 Å². The number of nitrogens with zero attached hydrogens (tertiary/aromatic N) is 2. The van der Waals surface area contributed by atoms with Gasteiger partial charge in [0.1, 0.15) is 5.75 Å². The number of ether oxygens (including phenoxy) is 2. The van der Waals surface area contributed by atoms with Crippen molar-refractivity contribution < 1.29 is 19.1 Å². The molecule has 6 nitrogen and oxygen atoms in total. The van der Waals surface area contributed by atoms with Gasteiger partial charge in [0.05, 0.1) is 42.3 Å². The maximum absolute atomic E-state index is 12.6. The lowest BCUT2D eigenvalue weighted by Crippen LogP contribution is -2.35. The van der Waals surface area contributed by atoms with E-state index in [0.29, 0.717) is 18.7 Å². The normalized spacial score (nSPS) is 24.1. The van der Waals surface area contributed by atoms with Crippen molar-refractivity contribution >= 4 is 11.8 Å². The number of nitriles is 1. The van der Waals surface area contributed by atoms with Gasteiger partial charge >= 0.3 is 0 Å². The van der Waals surface area contributed by atoms with E-state index in [-0.39, 0.29) is 35.9 Å². The zero-order chi connectivity index (χ0) is 24.2. The number of carbonyl (C=O) groups is 2. The number of likely N-dealkylation sites (tertiary alicyclic amines) is 1. The molecule has 6 heteroatoms. The first-order valence-corrected chi connectivity index (χ1v) is 12.6. The Labute approximate surface area is 206 Å². The van der Waals surface area contributed by atoms with Crippen LogP contribution in [0.4, 0.5) is 0 Å². The minimum Gasteiger partial charge on any atom is -0.494 e. The Hall–Kier alpha value is -3.43. The first-order valence-electron chi connectivity index (χ1n) is 12.6. The maximum Gasteiger partial charge on any atom is 0.236 e. The molecule has 3 aliphatic rings. The molecule has 2 aromatic carbocycles. The third-order valence-electron chi connectivity index (χ3n) is 7.25. The summed E-state index contributed by atoms with van der Waals surface area (Å²) in [6.45, 7) is 1.22. The fourth-order valence-corrected chi connectivity index (χ4v) is 5.34. The summed E-state index contributed by atoms with van der Waals surface area (Å²) in [7, 11) is 0. The van der Waals surface area contributed by atoms with Crippen LogP contribution in [0, 0.1) is 23.2 Å². The van der Waals surface area contributed by atoms with Gasteiger partial charge in [-0.3, -0.25) is 14.5 Å². The quantitative estimate of drug-likeness (QED) is 0.266. The minimum absolute atomic E-state index is 0.0427. The molecule has 0 saturated carbocycles. The zero-order valence-corrected chi connectivity index (χ0v) is 19.8. The zero-order valence-electron chi connectivity index (χ0n) is 19.8. The molecule has 0 radical (unpaired) electrons. The van der Waals surface area contributed by atoms with Crippen LogP contribution in [0.15, 0.2) is 60.7 Å². The van der Waals surface area contributed by atoms with Gasteiger partial charge in [-0.1, -0.05) is 62.1 Å². The van der Waals surface area contributed by atoms with Crippen molar-refractivity contribution in [3.8, 4) is 22.9 Å². The number of fused-ring (bicyclic) bond motifs is 5. The molecule has 35 heavy (non-hydrogen) atoms. The number of carbonyl (C=O) groups excluding carboxylic acids is 2. The summed E-state index contributed by atoms with van der Waals surface area (Å²) in [6.07, 6.45) is 9.65. The summed E-state index contributed by atoms with van der Waals surface area (Å²) in [5, 5.41) is 8.91. The summed E-state index contributed by atoms with van der Waals surface area (Å²) < 4.78 is 11.5. The van der Waals surface area contributed by atoms with E-state index in [2.05, 4.69) is 6.07 Å². The molecule has 0 spiro atoms. The molecule has 5 rings (SSSR count). The third kappa shape index (κ3) is 4.87. The highest BCUT2D eigenvalue weighted by atomic mass is 16.5. The van der Waals surface area contributed by atoms with Crippen LogP contribution < -0.4 is 4.74 Å². The lowest BCUT2D eigenvalue weighted by atomic mass is 9.85. The van der Waals surface area contributed by atoms with Crippen LogP contribution >= 0.6 is 0 Å². The van der Waals surface area contributed by atoms with Crippen LogP contribution in [-0.4, -0.2) is 42.1 Å². The summed E-state index contributed by atoms with van der Waals surface area (Å²) >= 11 is 0. The van der Waals surface area contributed by atoms with E-state index in [1.165, 1.54) is 4.90 Å². The Morgan fingerprint density at radius 3 is 1.91 bits per heavy atom. The van der Waals surface area contributed by atoms with Gasteiger partial charge in [-0.25, -0.2) is 0 Å². The van der Waals surface area contributed by atoms with Crippen LogP contribution in [0.25, 0.3) is 11.1 Å². The van der Waals surface area contributed by atoms with Gasteiger partial charge in [0.2, 0.25) is 11.8 Å². The van der Waals surface area contributed by atoms with Gasteiger partial charge in [-0.05, 0) is 48.2 Å². The monoisotopic (exact) mass is 470 g/mol. The van der Waals surface area contributed by atoms with Crippen molar-refractivity contribution in [2.24, 2.45) is 11.8 Å². The van der Waals surface area contributed by atoms with Crippen LogP contribution in [0.3, 0.4) is 0 Å². The second-order valence-electron chi connectivity index (χ2n) is 9.51. The Balaban J connectivity index is 0.936. The topological polar surface area (TPSA) is 79.6 Å². The van der Waals surface area contributed by atoms with Crippen LogP contribution in [0.1, 0.15) is 44.1 Å². The van der Waals surface area contributed by atoms with E-state index in [9.17, 15) is 9.59 Å². The van der Waals surface area contributed by atoms with Gasteiger partial charge in [0, 0.05) is 6.54 Å². The lowest BCUT2D eigenvalue weighted by molar-refractivity contribution is -0.142. The van der Waals surface area contributed by atoms with Crippen molar-refractivity contribution in [2.75, 3.05) is 13.2 Å². The highest BCUT2D eigenvalue weighted by molar-refractivity contribution is 6.06. The average Bonchev–Trinajstić information content (AvgIpc) is 3.58. The average molecular weight is 471 g/mol. The predicted octanol–water partition coefficient (Wildman–Crippen LogP) is 4.88. The van der Waals surface area contributed by atoms with E-state index in [1.54, 1.807) is 0 Å². The third-order valence-corrected chi connectivity index (χ3v) is 7.25. The molecule has 0 N–H and O–H groups in total. The van der Waals surface area contributed by atoms with Crippen molar-refractivity contribution in [3.05, 3.63) is 66.2 Å². The fraction of sp³-hybridized carbons (Fsp3) is 0.414. The molecule has 4 atom stereocenters. The number of amides is 2. The van der Waals surface area contributed by atoms with Gasteiger partial charge in [0.15, 0.2) is 0 Å². The number of unbranched alkanes of at least 4 members (excludes halogenated alkanes) is 5. The van der Waals surface area contributed by atoms with E-state index in [1.807, 2.05) is 60.7 Å². The lowest BCUT2D eigenvalue weighted by Gasteiger charge is -2.17. The number of hydrogen-bond donors (Lipinski definition) is 0. The Morgan fingerprint density at radius 1 is 0.771 bits per heavy atom. The van der Waals surface area contributed by atoms with Crippen molar-refractivity contribution in [3.63, 3.8) is 0 Å². The molecule has 2 fully saturated rings. The van der Waals surface area contributed by atoms with Crippen molar-refractivity contribution in [2.45, 2.75) is 50.7 Å². The molecular weight excluding hydrogens is 440 g/mol. The molecule has 3 heterocycles. The van der Waals surface area contributed by atoms with Gasteiger partial charge in [0.25, 0.3) is 0 Å². The van der Waals surface area contributed by atoms with Gasteiger partial charge in [-0.2, -0.15) is 5.26 Å². The molecule has 180 valence electrons. The molecule has 0 unspecified atom stereocenters. The predicted molar refractivity (Wildman–Crippen MR) is 131 cm³/mol. The molecule has 2 saturated heterocycles. The molecule has 2 aromatic rings. The molecule has 2 amide bonds. The largest absolute Gasteiger partial charge is 0.494 e. The molecule has 3 aliphatic heterocycles. The number of benzene rings is 2. The van der Waals surface area contributed by atoms with E-state index >= 15 is 0 Å². The summed E-state index contributed by atoms with van der Waals surface area (Å²) in [5.41, 5.74) is 2.84. The fourth-order valence-electron chi connectivity index (χ4n) is 5.34. The molecule has 0 aliphatic carbocycles. The van der Waals surface area contributed by atoms with Crippen LogP contribution in [0.2, 0.25) is 0 Å². The summed E-state index contributed by atoms with van der Waals surface area (Å²) in [5.74, 6) is 0.202. The summed E-state index contributed by atoms with van der Waals surface area (Å²) in [6, 6.07) is 17.7. The first kappa shape index (κ1) is 23.3. The Kier molecular flexibility index (Phi) is 6.96. The molecular formula is C29H30N2O4. The molecule has 0 aromatic heterocycles. The smallest absolute Gasteiger partial charge is 0.236 e. The second-order valence-corrected chi connectivity index (χ2v) is 9.51. The van der Waals surface area contributed by atoms with E-state index in [0.717, 1.165) is 55.4 Å². The first-order chi connectivity index (χ1) is 17.2. The standard InChI is InChI=1S/C29H30N2O4/c30-19-20-7-9-21(10-8-20)22-11-13-23(14-12-22)34-18-6-4-2-1-3-5-17-31-28(32)26-24-15-16-25(35-24)27(26)29(31)33/h7-16,24-27H,1-6,17-18H2/t24-,25+,26-,27+. The highest BCUT2D eigenvalue weighted by Crippen LogP contribution is 2.45. The molecule has 2 bridgehead atoms. The van der Waals surface area contributed by atoms with E-state index < -0.39 is 0 Å². The second kappa shape index (κ2) is 10.5. The van der Waals surface area contributed by atoms with Crippen molar-refractivity contribution in [1.82, 2.24) is 4.90 Å². The minimum atomic E-state index is -0.287. The highest BCUT2D eigenvalue weighted by Gasteiger charge is 2.60. The SMILES string of the molecule is N#Cc1ccc(-c2ccc(OCCCCCCCCN3C(=O)[C@@H]4[C@H](C3=O)[C@H]3C=C[C@@H]4O3)cc2)cc1. The number of imide groups is 1. The number of hydrogen-bond acceptors (Lipinski definition) is 5. The van der Waals surface area contributed by atoms with Gasteiger partial charge < -0.3 is 9.47 Å². The van der Waals surface area contributed by atoms with Crippen LogP contribution in [0.5, 0.6) is 5.75 Å². The van der Waals surface area contributed by atoms with Crippen molar-refractivity contribution in [1.29, 1.82) is 5.26 Å². The number of rotatable bonds is 11. The Morgan fingerprint density at radius 2 is 1.31 bits per heavy atom. The van der Waals surface area contributed by atoms with E-state index in [4.69, 9.17) is 14.7 Å². The van der Waals surface area contributed by atoms with Gasteiger partial charge in [-0.15, -0.1) is 0 Å². The summed E-state index contributed by atoms with van der Waals surface area (Å²) in [4.78, 5) is 26.7. The maximum atomic E-state index is 12.6. The Bertz CT molecular complexity index is 1100.